The highest BCUT2D eigenvalue weighted by molar-refractivity contribution is 5.94. The minimum Gasteiger partial charge on any atom is -0.380 e. The smallest absolute Gasteiger partial charge is 0.251 e. The second-order valence-corrected chi connectivity index (χ2v) is 5.65. The van der Waals surface area contributed by atoms with Crippen LogP contribution in [-0.4, -0.2) is 19.1 Å². The van der Waals surface area contributed by atoms with Crippen LogP contribution in [0.2, 0.25) is 0 Å². The molecule has 0 aromatic heterocycles. The highest BCUT2D eigenvalue weighted by Crippen LogP contribution is 2.17. The van der Waals surface area contributed by atoms with Gasteiger partial charge in [0, 0.05) is 18.7 Å². The first-order valence-corrected chi connectivity index (χ1v) is 7.68. The van der Waals surface area contributed by atoms with Gasteiger partial charge in [0.05, 0.1) is 6.61 Å². The number of nitrogens with one attached hydrogen (secondary N) is 1. The van der Waals surface area contributed by atoms with Crippen molar-refractivity contribution in [3.8, 4) is 0 Å². The van der Waals surface area contributed by atoms with Crippen molar-refractivity contribution >= 4 is 5.91 Å². The van der Waals surface area contributed by atoms with Crippen LogP contribution in [0.3, 0.4) is 0 Å². The fraction of sp³-hybridized carbons (Fsp3) is 0.588. The van der Waals surface area contributed by atoms with Crippen LogP contribution in [-0.2, 0) is 11.3 Å². The highest BCUT2D eigenvalue weighted by atomic mass is 16.5. The lowest BCUT2D eigenvalue weighted by Gasteiger charge is -2.21. The van der Waals surface area contributed by atoms with Crippen molar-refractivity contribution in [2.75, 3.05) is 7.11 Å². The highest BCUT2D eigenvalue weighted by Gasteiger charge is 2.14. The molecule has 1 aliphatic carbocycles. The van der Waals surface area contributed by atoms with Gasteiger partial charge in [0.25, 0.3) is 5.91 Å². The molecule has 1 aromatic rings. The summed E-state index contributed by atoms with van der Waals surface area (Å²) >= 11 is 0. The van der Waals surface area contributed by atoms with Crippen molar-refractivity contribution in [3.63, 3.8) is 0 Å². The molecule has 3 heteroatoms. The molecular weight excluding hydrogens is 250 g/mol. The third-order valence-corrected chi connectivity index (χ3v) is 3.97. The minimum absolute atomic E-state index is 0.0551. The molecule has 1 fully saturated rings. The minimum atomic E-state index is 0.0551. The third kappa shape index (κ3) is 4.64. The second kappa shape index (κ2) is 8.05. The molecule has 1 amide bonds. The first kappa shape index (κ1) is 15.0. The maximum atomic E-state index is 12.2. The summed E-state index contributed by atoms with van der Waals surface area (Å²) in [5, 5.41) is 3.18. The molecule has 0 atom stereocenters. The van der Waals surface area contributed by atoms with E-state index < -0.39 is 0 Å². The number of amides is 1. The average molecular weight is 275 g/mol. The molecule has 20 heavy (non-hydrogen) atoms. The molecule has 0 saturated heterocycles. The lowest BCUT2D eigenvalue weighted by Crippen LogP contribution is -2.35. The molecule has 0 unspecified atom stereocenters. The second-order valence-electron chi connectivity index (χ2n) is 5.65. The first-order chi connectivity index (χ1) is 9.79. The number of carbonyl (C=O) groups is 1. The molecule has 0 radical (unpaired) electrons. The molecule has 110 valence electrons. The van der Waals surface area contributed by atoms with Crippen LogP contribution in [0.1, 0.15) is 60.9 Å². The van der Waals surface area contributed by atoms with Crippen molar-refractivity contribution < 1.29 is 9.53 Å². The molecular formula is C17H25NO2. The van der Waals surface area contributed by atoms with Gasteiger partial charge in [-0.3, -0.25) is 4.79 Å². The fourth-order valence-corrected chi connectivity index (χ4v) is 2.79. The van der Waals surface area contributed by atoms with E-state index in [1.54, 1.807) is 7.11 Å². The lowest BCUT2D eigenvalue weighted by molar-refractivity contribution is 0.0930. The van der Waals surface area contributed by atoms with Gasteiger partial charge in [-0.2, -0.15) is 0 Å². The lowest BCUT2D eigenvalue weighted by atomic mass is 9.96. The van der Waals surface area contributed by atoms with Gasteiger partial charge in [-0.15, -0.1) is 0 Å². The van der Waals surface area contributed by atoms with Gasteiger partial charge >= 0.3 is 0 Å². The summed E-state index contributed by atoms with van der Waals surface area (Å²) in [6.07, 6.45) is 8.66. The molecule has 1 saturated carbocycles. The molecule has 1 aliphatic rings. The number of hydrogen-bond acceptors (Lipinski definition) is 2. The predicted octanol–water partition coefficient (Wildman–Crippen LogP) is 3.68. The zero-order valence-corrected chi connectivity index (χ0v) is 12.4. The first-order valence-electron chi connectivity index (χ1n) is 7.68. The number of benzene rings is 1. The Morgan fingerprint density at radius 3 is 2.30 bits per heavy atom. The van der Waals surface area contributed by atoms with Crippen molar-refractivity contribution in [1.82, 2.24) is 5.32 Å². The standard InChI is InChI=1S/C17H25NO2/c1-20-13-14-9-11-15(12-10-14)17(19)18-16-7-5-3-2-4-6-8-16/h9-12,16H,2-8,13H2,1H3,(H,18,19). The van der Waals surface area contributed by atoms with E-state index >= 15 is 0 Å². The van der Waals surface area contributed by atoms with Crippen molar-refractivity contribution in [2.24, 2.45) is 0 Å². The summed E-state index contributed by atoms with van der Waals surface area (Å²) in [7, 11) is 1.68. The van der Waals surface area contributed by atoms with Crippen LogP contribution in [0.4, 0.5) is 0 Å². The van der Waals surface area contributed by atoms with Crippen LogP contribution in [0.5, 0.6) is 0 Å². The largest absolute Gasteiger partial charge is 0.380 e. The van der Waals surface area contributed by atoms with Crippen molar-refractivity contribution in [1.29, 1.82) is 0 Å². The fourth-order valence-electron chi connectivity index (χ4n) is 2.79. The maximum absolute atomic E-state index is 12.2. The van der Waals surface area contributed by atoms with Gasteiger partial charge in [0.2, 0.25) is 0 Å². The Bertz CT molecular complexity index is 406. The molecule has 0 bridgehead atoms. The van der Waals surface area contributed by atoms with Crippen LogP contribution in [0.15, 0.2) is 24.3 Å². The van der Waals surface area contributed by atoms with Crippen LogP contribution in [0, 0.1) is 0 Å². The van der Waals surface area contributed by atoms with Gasteiger partial charge in [0.1, 0.15) is 0 Å². The topological polar surface area (TPSA) is 38.3 Å². The SMILES string of the molecule is COCc1ccc(C(=O)NC2CCCCCCC2)cc1. The molecule has 0 spiro atoms. The Kier molecular flexibility index (Phi) is 6.06. The zero-order valence-electron chi connectivity index (χ0n) is 12.4. The maximum Gasteiger partial charge on any atom is 0.251 e. The van der Waals surface area contributed by atoms with E-state index in [9.17, 15) is 4.79 Å². The Labute approximate surface area is 121 Å². The molecule has 3 nitrogen and oxygen atoms in total. The van der Waals surface area contributed by atoms with E-state index in [1.165, 1.54) is 32.1 Å². The van der Waals surface area contributed by atoms with Crippen LogP contribution >= 0.6 is 0 Å². The molecule has 0 aliphatic heterocycles. The van der Waals surface area contributed by atoms with Gasteiger partial charge in [-0.25, -0.2) is 0 Å². The Morgan fingerprint density at radius 1 is 1.10 bits per heavy atom. The number of hydrogen-bond donors (Lipinski definition) is 1. The number of methoxy groups -OCH3 is 1. The average Bonchev–Trinajstić information content (AvgIpc) is 2.43. The predicted molar refractivity (Wildman–Crippen MR) is 80.7 cm³/mol. The third-order valence-electron chi connectivity index (χ3n) is 3.97. The van der Waals surface area contributed by atoms with Gasteiger partial charge in [-0.1, -0.05) is 44.2 Å². The molecule has 1 aromatic carbocycles. The van der Waals surface area contributed by atoms with Gasteiger partial charge in [0.15, 0.2) is 0 Å². The van der Waals surface area contributed by atoms with E-state index in [-0.39, 0.29) is 5.91 Å². The van der Waals surface area contributed by atoms with E-state index in [1.807, 2.05) is 24.3 Å². The number of ether oxygens (including phenoxy) is 1. The summed E-state index contributed by atoms with van der Waals surface area (Å²) < 4.78 is 5.07. The summed E-state index contributed by atoms with van der Waals surface area (Å²) in [6, 6.07) is 8.02. The Morgan fingerprint density at radius 2 is 1.70 bits per heavy atom. The summed E-state index contributed by atoms with van der Waals surface area (Å²) in [6.45, 7) is 0.588. The summed E-state index contributed by atoms with van der Waals surface area (Å²) in [5.41, 5.74) is 1.84. The monoisotopic (exact) mass is 275 g/mol. The number of rotatable bonds is 4. The van der Waals surface area contributed by atoms with Crippen molar-refractivity contribution in [3.05, 3.63) is 35.4 Å². The Balaban J connectivity index is 1.89. The molecule has 0 heterocycles. The van der Waals surface area contributed by atoms with Crippen molar-refractivity contribution in [2.45, 2.75) is 57.6 Å². The van der Waals surface area contributed by atoms with E-state index in [4.69, 9.17) is 4.74 Å². The summed E-state index contributed by atoms with van der Waals surface area (Å²) in [4.78, 5) is 12.2. The van der Waals surface area contributed by atoms with E-state index in [0.29, 0.717) is 12.6 Å². The quantitative estimate of drug-likeness (QED) is 0.910. The number of carbonyl (C=O) groups excluding carboxylic acids is 1. The van der Waals surface area contributed by atoms with Gasteiger partial charge in [-0.05, 0) is 30.5 Å². The molecule has 2 rings (SSSR count). The van der Waals surface area contributed by atoms with Gasteiger partial charge < -0.3 is 10.1 Å². The summed E-state index contributed by atoms with van der Waals surface area (Å²) in [5.74, 6) is 0.0551. The molecule has 1 N–H and O–H groups in total. The normalized spacial score (nSPS) is 17.2. The van der Waals surface area contributed by atoms with Crippen LogP contribution in [0.25, 0.3) is 0 Å². The van der Waals surface area contributed by atoms with E-state index in [0.717, 1.165) is 24.0 Å². The zero-order chi connectivity index (χ0) is 14.2. The van der Waals surface area contributed by atoms with E-state index in [2.05, 4.69) is 5.32 Å². The Hall–Kier alpha value is -1.35. The van der Waals surface area contributed by atoms with Crippen LogP contribution < -0.4 is 5.32 Å².